The number of rotatable bonds is 3. The first-order chi connectivity index (χ1) is 14.1. The van der Waals surface area contributed by atoms with E-state index in [1.165, 1.54) is 0 Å². The number of furan rings is 1. The number of likely N-dealkylation sites (tertiary alicyclic amines) is 1. The molecule has 1 N–H and O–H groups in total. The van der Waals surface area contributed by atoms with Crippen LogP contribution in [0.15, 0.2) is 47.1 Å². The molecule has 0 saturated carbocycles. The van der Waals surface area contributed by atoms with Crippen molar-refractivity contribution in [2.75, 3.05) is 18.4 Å². The van der Waals surface area contributed by atoms with Crippen molar-refractivity contribution in [2.45, 2.75) is 19.9 Å². The minimum atomic E-state index is -0.270. The van der Waals surface area contributed by atoms with Crippen LogP contribution in [0.25, 0.3) is 0 Å². The first-order valence-electron chi connectivity index (χ1n) is 9.72. The Labute approximate surface area is 167 Å². The molecule has 148 valence electrons. The number of fused-ring (bicyclic) bond motifs is 2. The van der Waals surface area contributed by atoms with Crippen molar-refractivity contribution in [2.24, 2.45) is 11.8 Å². The minimum Gasteiger partial charge on any atom is -0.469 e. The van der Waals surface area contributed by atoms with Crippen LogP contribution in [-0.2, 0) is 13.0 Å². The molecule has 2 aromatic heterocycles. The van der Waals surface area contributed by atoms with Crippen LogP contribution in [0.3, 0.4) is 0 Å². The van der Waals surface area contributed by atoms with E-state index in [2.05, 4.69) is 15.5 Å². The highest BCUT2D eigenvalue weighted by Crippen LogP contribution is 2.33. The van der Waals surface area contributed by atoms with Gasteiger partial charge in [-0.1, -0.05) is 18.2 Å². The molecule has 0 spiro atoms. The number of nitrogens with zero attached hydrogens (tertiary/aromatic N) is 4. The van der Waals surface area contributed by atoms with Crippen LogP contribution < -0.4 is 5.32 Å². The Kier molecular flexibility index (Phi) is 4.19. The lowest BCUT2D eigenvalue weighted by atomic mass is 9.89. The number of hydrogen-bond acceptors (Lipinski definition) is 5. The third-order valence-electron chi connectivity index (χ3n) is 5.88. The van der Waals surface area contributed by atoms with Gasteiger partial charge in [0.2, 0.25) is 5.82 Å². The summed E-state index contributed by atoms with van der Waals surface area (Å²) in [5.41, 5.74) is 1.34. The van der Waals surface area contributed by atoms with Gasteiger partial charge in [0.1, 0.15) is 11.6 Å². The van der Waals surface area contributed by atoms with Gasteiger partial charge in [-0.3, -0.25) is 9.59 Å². The number of nitrogens with one attached hydrogen (secondary N) is 1. The van der Waals surface area contributed by atoms with E-state index < -0.39 is 0 Å². The van der Waals surface area contributed by atoms with E-state index >= 15 is 0 Å². The maximum absolute atomic E-state index is 12.8. The quantitative estimate of drug-likeness (QED) is 0.740. The lowest BCUT2D eigenvalue weighted by molar-refractivity contribution is 0.0781. The van der Waals surface area contributed by atoms with Gasteiger partial charge in [-0.15, -0.1) is 10.2 Å². The van der Waals surface area contributed by atoms with Crippen LogP contribution in [0, 0.1) is 18.8 Å². The lowest BCUT2D eigenvalue weighted by Gasteiger charge is -2.25. The summed E-state index contributed by atoms with van der Waals surface area (Å²) in [4.78, 5) is 27.4. The number of aryl methyl sites for hydroxylation is 1. The topological polar surface area (TPSA) is 93.3 Å². The molecule has 1 fully saturated rings. The Hall–Kier alpha value is -3.42. The summed E-state index contributed by atoms with van der Waals surface area (Å²) in [6.45, 7) is 3.78. The van der Waals surface area contributed by atoms with Gasteiger partial charge in [0.25, 0.3) is 11.8 Å². The van der Waals surface area contributed by atoms with Gasteiger partial charge < -0.3 is 19.2 Å². The van der Waals surface area contributed by atoms with E-state index in [-0.39, 0.29) is 17.7 Å². The average Bonchev–Trinajstić information content (AvgIpc) is 3.43. The predicted octanol–water partition coefficient (Wildman–Crippen LogP) is 2.38. The lowest BCUT2D eigenvalue weighted by Crippen LogP contribution is -2.31. The summed E-state index contributed by atoms with van der Waals surface area (Å²) in [7, 11) is 0. The molecule has 0 aliphatic carbocycles. The monoisotopic (exact) mass is 391 g/mol. The van der Waals surface area contributed by atoms with Gasteiger partial charge in [-0.2, -0.15) is 0 Å². The smallest absolute Gasteiger partial charge is 0.293 e. The fraction of sp³-hybridized carbons (Fsp3) is 0.333. The Morgan fingerprint density at radius 1 is 1.07 bits per heavy atom. The highest BCUT2D eigenvalue weighted by atomic mass is 16.3. The molecule has 2 amide bonds. The summed E-state index contributed by atoms with van der Waals surface area (Å²) in [5.74, 6) is 2.10. The standard InChI is InChI=1S/C21H21N5O3/c1-13-17(7-8-29-13)21(28)25-10-14-9-18-23-24-19(26(18)12-15(14)11-25)20(27)22-16-5-3-2-4-6-16/h2-8,14-15H,9-12H2,1H3,(H,22,27)/t14-,15+/m1/s1. The number of anilines is 1. The molecule has 2 aliphatic heterocycles. The first kappa shape index (κ1) is 17.7. The van der Waals surface area contributed by atoms with E-state index in [1.54, 1.807) is 19.3 Å². The van der Waals surface area contributed by atoms with E-state index in [9.17, 15) is 9.59 Å². The number of para-hydroxylation sites is 1. The van der Waals surface area contributed by atoms with E-state index in [0.29, 0.717) is 49.1 Å². The second kappa shape index (κ2) is 6.88. The van der Waals surface area contributed by atoms with Crippen molar-refractivity contribution in [1.82, 2.24) is 19.7 Å². The van der Waals surface area contributed by atoms with E-state index in [0.717, 1.165) is 11.5 Å². The van der Waals surface area contributed by atoms with Gasteiger partial charge in [-0.05, 0) is 37.0 Å². The van der Waals surface area contributed by atoms with Crippen LogP contribution in [0.5, 0.6) is 0 Å². The summed E-state index contributed by atoms with van der Waals surface area (Å²) in [5, 5.41) is 11.3. The maximum atomic E-state index is 12.8. The van der Waals surface area contributed by atoms with Crippen LogP contribution >= 0.6 is 0 Å². The molecule has 1 saturated heterocycles. The fourth-order valence-corrected chi connectivity index (χ4v) is 4.34. The van der Waals surface area contributed by atoms with E-state index in [1.807, 2.05) is 39.8 Å². The summed E-state index contributed by atoms with van der Waals surface area (Å²) in [6.07, 6.45) is 2.26. The Bertz CT molecular complexity index is 1070. The molecule has 0 bridgehead atoms. The number of amides is 2. The zero-order valence-corrected chi connectivity index (χ0v) is 16.0. The van der Waals surface area contributed by atoms with Gasteiger partial charge in [0.05, 0.1) is 11.8 Å². The van der Waals surface area contributed by atoms with Crippen LogP contribution in [-0.4, -0.2) is 44.6 Å². The van der Waals surface area contributed by atoms with Crippen molar-refractivity contribution in [3.63, 3.8) is 0 Å². The third-order valence-corrected chi connectivity index (χ3v) is 5.88. The van der Waals surface area contributed by atoms with Crippen LogP contribution in [0.1, 0.15) is 32.6 Å². The number of carbonyl (C=O) groups excluding carboxylic acids is 2. The second-order valence-electron chi connectivity index (χ2n) is 7.70. The average molecular weight is 391 g/mol. The molecule has 2 aliphatic rings. The van der Waals surface area contributed by atoms with Gasteiger partial charge in [0, 0.05) is 31.7 Å². The van der Waals surface area contributed by atoms with Gasteiger partial charge >= 0.3 is 0 Å². The first-order valence-corrected chi connectivity index (χ1v) is 9.72. The molecule has 8 nitrogen and oxygen atoms in total. The largest absolute Gasteiger partial charge is 0.469 e. The Morgan fingerprint density at radius 2 is 1.86 bits per heavy atom. The summed E-state index contributed by atoms with van der Waals surface area (Å²) >= 11 is 0. The molecule has 29 heavy (non-hydrogen) atoms. The van der Waals surface area contributed by atoms with E-state index in [4.69, 9.17) is 4.42 Å². The van der Waals surface area contributed by atoms with Crippen LogP contribution in [0.2, 0.25) is 0 Å². The molecule has 3 aromatic rings. The second-order valence-corrected chi connectivity index (χ2v) is 7.70. The maximum Gasteiger partial charge on any atom is 0.293 e. The molecule has 4 heterocycles. The third kappa shape index (κ3) is 3.10. The van der Waals surface area contributed by atoms with Crippen molar-refractivity contribution in [3.8, 4) is 0 Å². The fourth-order valence-electron chi connectivity index (χ4n) is 4.34. The minimum absolute atomic E-state index is 0.00320. The van der Waals surface area contributed by atoms with Gasteiger partial charge in [0.15, 0.2) is 0 Å². The number of hydrogen-bond donors (Lipinski definition) is 1. The normalized spacial score (nSPS) is 20.2. The van der Waals surface area contributed by atoms with Gasteiger partial charge in [-0.25, -0.2) is 0 Å². The molecular formula is C21H21N5O3. The number of aromatic nitrogens is 3. The molecular weight excluding hydrogens is 370 g/mol. The molecule has 0 unspecified atom stereocenters. The SMILES string of the molecule is Cc1occc1C(=O)N1C[C@H]2Cc3nnc(C(=O)Nc4ccccc4)n3C[C@@H]2C1. The van der Waals surface area contributed by atoms with Crippen molar-refractivity contribution in [1.29, 1.82) is 0 Å². The molecule has 5 rings (SSSR count). The number of carbonyl (C=O) groups is 2. The molecule has 8 heteroatoms. The molecule has 0 radical (unpaired) electrons. The zero-order valence-electron chi connectivity index (χ0n) is 16.0. The van der Waals surface area contributed by atoms with Crippen molar-refractivity contribution in [3.05, 3.63) is 65.6 Å². The van der Waals surface area contributed by atoms with Crippen LogP contribution in [0.4, 0.5) is 5.69 Å². The molecule has 1 aromatic carbocycles. The van der Waals surface area contributed by atoms with Crippen molar-refractivity contribution < 1.29 is 14.0 Å². The predicted molar refractivity (Wildman–Crippen MR) is 104 cm³/mol. The number of benzene rings is 1. The summed E-state index contributed by atoms with van der Waals surface area (Å²) in [6, 6.07) is 11.0. The Morgan fingerprint density at radius 3 is 2.62 bits per heavy atom. The van der Waals surface area contributed by atoms with Crippen molar-refractivity contribution >= 4 is 17.5 Å². The highest BCUT2D eigenvalue weighted by molar-refractivity contribution is 6.01. The summed E-state index contributed by atoms with van der Waals surface area (Å²) < 4.78 is 7.18. The molecule has 2 atom stereocenters. The highest BCUT2D eigenvalue weighted by Gasteiger charge is 2.41. The Balaban J connectivity index is 1.32. The zero-order chi connectivity index (χ0) is 20.0.